The van der Waals surface area contributed by atoms with E-state index in [4.69, 9.17) is 13.9 Å². The van der Waals surface area contributed by atoms with Crippen LogP contribution in [0.1, 0.15) is 46.1 Å². The number of carbonyl (C=O) groups excluding carboxylic acids is 2. The lowest BCUT2D eigenvalue weighted by atomic mass is 10.1. The quantitative estimate of drug-likeness (QED) is 0.404. The van der Waals surface area contributed by atoms with Gasteiger partial charge in [0.15, 0.2) is 11.5 Å². The maximum Gasteiger partial charge on any atom is 0.307 e. The van der Waals surface area contributed by atoms with Crippen molar-refractivity contribution in [2.24, 2.45) is 10.2 Å². The highest BCUT2D eigenvalue weighted by Crippen LogP contribution is 2.13. The summed E-state index contributed by atoms with van der Waals surface area (Å²) in [4.78, 5) is 24.6. The Morgan fingerprint density at radius 2 is 1.03 bits per heavy atom. The molecule has 0 aliphatic heterocycles. The number of nitrogens with one attached hydrogen (secondary N) is 2. The lowest BCUT2D eigenvalue weighted by Crippen LogP contribution is -2.20. The minimum absolute atomic E-state index is 0.0534. The summed E-state index contributed by atoms with van der Waals surface area (Å²) in [5.74, 6) is 0.172. The number of hydrazone groups is 2. The number of hydrogen-bond donors (Lipinski definition) is 2. The molecule has 9 nitrogen and oxygen atoms in total. The number of benzene rings is 2. The van der Waals surface area contributed by atoms with E-state index in [0.717, 1.165) is 22.6 Å². The molecule has 0 saturated carbocycles. The van der Waals surface area contributed by atoms with Crippen molar-refractivity contribution >= 4 is 23.2 Å². The summed E-state index contributed by atoms with van der Waals surface area (Å²) in [6.45, 7) is 3.51. The molecular weight excluding hydrogens is 424 g/mol. The largest absolute Gasteiger partial charge is 0.497 e. The van der Waals surface area contributed by atoms with Gasteiger partial charge in [-0.3, -0.25) is 9.59 Å². The second-order valence-corrected chi connectivity index (χ2v) is 6.90. The number of rotatable bonds is 8. The zero-order valence-corrected chi connectivity index (χ0v) is 18.7. The first-order valence-corrected chi connectivity index (χ1v) is 9.99. The van der Waals surface area contributed by atoms with Gasteiger partial charge in [0.05, 0.1) is 25.6 Å². The van der Waals surface area contributed by atoms with Crippen LogP contribution < -0.4 is 20.3 Å². The number of nitrogens with zero attached hydrogens (tertiary/aromatic N) is 2. The second kappa shape index (κ2) is 10.8. The normalized spacial score (nSPS) is 11.6. The molecule has 3 rings (SSSR count). The molecule has 0 aliphatic rings. The Balaban J connectivity index is 1.59. The van der Waals surface area contributed by atoms with Gasteiger partial charge in [0.25, 0.3) is 0 Å². The molecule has 3 aromatic rings. The van der Waals surface area contributed by atoms with Gasteiger partial charge in [0, 0.05) is 0 Å². The molecule has 0 radical (unpaired) electrons. The number of carbonyl (C=O) groups is 2. The van der Waals surface area contributed by atoms with E-state index in [0.29, 0.717) is 11.4 Å². The Bertz CT molecular complexity index is 1090. The van der Waals surface area contributed by atoms with Gasteiger partial charge in [-0.25, -0.2) is 10.9 Å². The maximum atomic E-state index is 12.3. The van der Waals surface area contributed by atoms with Crippen LogP contribution in [-0.2, 0) is 0 Å². The van der Waals surface area contributed by atoms with Crippen molar-refractivity contribution in [2.45, 2.75) is 13.8 Å². The molecule has 0 saturated heterocycles. The number of furan rings is 1. The van der Waals surface area contributed by atoms with Crippen molar-refractivity contribution in [2.75, 3.05) is 14.2 Å². The predicted octanol–water partition coefficient (Wildman–Crippen LogP) is 3.60. The number of hydrogen-bond acceptors (Lipinski definition) is 7. The van der Waals surface area contributed by atoms with E-state index < -0.39 is 11.8 Å². The molecule has 0 unspecified atom stereocenters. The van der Waals surface area contributed by atoms with E-state index in [2.05, 4.69) is 21.1 Å². The molecular formula is C24H24N4O5. The third kappa shape index (κ3) is 6.07. The topological polar surface area (TPSA) is 115 Å². The van der Waals surface area contributed by atoms with Crippen LogP contribution in [0.5, 0.6) is 11.5 Å². The van der Waals surface area contributed by atoms with Gasteiger partial charge in [-0.1, -0.05) is 0 Å². The van der Waals surface area contributed by atoms with E-state index in [1.54, 1.807) is 52.3 Å². The summed E-state index contributed by atoms with van der Waals surface area (Å²) in [6, 6.07) is 17.3. The third-order valence-electron chi connectivity index (χ3n) is 4.72. The van der Waals surface area contributed by atoms with Crippen molar-refractivity contribution in [3.63, 3.8) is 0 Å². The summed E-state index contributed by atoms with van der Waals surface area (Å²) in [6.07, 6.45) is 0. The minimum Gasteiger partial charge on any atom is -0.497 e. The average Bonchev–Trinajstić information content (AvgIpc) is 3.36. The van der Waals surface area contributed by atoms with Crippen LogP contribution in [0, 0.1) is 0 Å². The molecule has 33 heavy (non-hydrogen) atoms. The van der Waals surface area contributed by atoms with Crippen LogP contribution in [0.25, 0.3) is 0 Å². The Morgan fingerprint density at radius 3 is 1.36 bits per heavy atom. The first-order valence-electron chi connectivity index (χ1n) is 9.99. The zero-order valence-electron chi connectivity index (χ0n) is 18.7. The fourth-order valence-corrected chi connectivity index (χ4v) is 2.75. The smallest absolute Gasteiger partial charge is 0.307 e. The van der Waals surface area contributed by atoms with Crippen LogP contribution >= 0.6 is 0 Å². The van der Waals surface area contributed by atoms with Crippen molar-refractivity contribution < 1.29 is 23.5 Å². The summed E-state index contributed by atoms with van der Waals surface area (Å²) in [5.41, 5.74) is 7.66. The van der Waals surface area contributed by atoms with Gasteiger partial charge in [-0.15, -0.1) is 0 Å². The molecule has 2 aromatic carbocycles. The molecule has 0 aliphatic carbocycles. The molecule has 1 heterocycles. The highest BCUT2D eigenvalue weighted by atomic mass is 16.5. The van der Waals surface area contributed by atoms with Crippen LogP contribution in [0.3, 0.4) is 0 Å². The van der Waals surface area contributed by atoms with Crippen molar-refractivity contribution in [1.82, 2.24) is 10.9 Å². The Hall–Kier alpha value is -4.40. The van der Waals surface area contributed by atoms with Crippen molar-refractivity contribution in [3.8, 4) is 11.5 Å². The highest BCUT2D eigenvalue weighted by molar-refractivity contribution is 6.02. The van der Waals surface area contributed by atoms with Gasteiger partial charge in [0.2, 0.25) is 0 Å². The lowest BCUT2D eigenvalue weighted by molar-refractivity contribution is 0.0902. The fraction of sp³-hybridized carbons (Fsp3) is 0.167. The van der Waals surface area contributed by atoms with Crippen molar-refractivity contribution in [1.29, 1.82) is 0 Å². The van der Waals surface area contributed by atoms with Gasteiger partial charge in [0.1, 0.15) is 11.5 Å². The van der Waals surface area contributed by atoms with E-state index in [1.165, 1.54) is 12.1 Å². The number of ether oxygens (including phenoxy) is 2. The van der Waals surface area contributed by atoms with Crippen LogP contribution in [0.4, 0.5) is 0 Å². The number of amides is 2. The molecule has 0 spiro atoms. The number of methoxy groups -OCH3 is 2. The van der Waals surface area contributed by atoms with E-state index in [-0.39, 0.29) is 11.5 Å². The van der Waals surface area contributed by atoms with E-state index in [1.807, 2.05) is 24.3 Å². The lowest BCUT2D eigenvalue weighted by Gasteiger charge is -2.04. The van der Waals surface area contributed by atoms with E-state index >= 15 is 0 Å². The van der Waals surface area contributed by atoms with Gasteiger partial charge < -0.3 is 13.9 Å². The summed E-state index contributed by atoms with van der Waals surface area (Å²) >= 11 is 0. The summed E-state index contributed by atoms with van der Waals surface area (Å²) < 4.78 is 15.6. The van der Waals surface area contributed by atoms with Crippen LogP contribution in [-0.4, -0.2) is 37.5 Å². The summed E-state index contributed by atoms with van der Waals surface area (Å²) in [7, 11) is 3.17. The molecule has 170 valence electrons. The fourth-order valence-electron chi connectivity index (χ4n) is 2.75. The van der Waals surface area contributed by atoms with Gasteiger partial charge in [-0.05, 0) is 85.6 Å². The van der Waals surface area contributed by atoms with Crippen LogP contribution in [0.15, 0.2) is 75.3 Å². The van der Waals surface area contributed by atoms with Gasteiger partial charge >= 0.3 is 11.8 Å². The molecule has 0 fully saturated rings. The molecule has 1 aromatic heterocycles. The molecule has 2 amide bonds. The predicted molar refractivity (Wildman–Crippen MR) is 124 cm³/mol. The molecule has 0 bridgehead atoms. The highest BCUT2D eigenvalue weighted by Gasteiger charge is 2.15. The minimum atomic E-state index is -0.583. The van der Waals surface area contributed by atoms with Crippen LogP contribution in [0.2, 0.25) is 0 Å². The monoisotopic (exact) mass is 448 g/mol. The zero-order chi connectivity index (χ0) is 23.8. The first-order chi connectivity index (χ1) is 15.9. The average molecular weight is 448 g/mol. The van der Waals surface area contributed by atoms with Gasteiger partial charge in [-0.2, -0.15) is 10.2 Å². The third-order valence-corrected chi connectivity index (χ3v) is 4.72. The standard InChI is InChI=1S/C24H24N4O5/c1-15(17-5-9-19(31-3)10-6-17)25-27-23(29)21-13-14-22(33-21)24(30)28-26-16(2)18-7-11-20(32-4)12-8-18/h5-14H,1-4H3,(H,27,29)(H,28,30). The Morgan fingerprint density at radius 1 is 0.667 bits per heavy atom. The Kier molecular flexibility index (Phi) is 7.59. The summed E-state index contributed by atoms with van der Waals surface area (Å²) in [5, 5.41) is 8.14. The van der Waals surface area contributed by atoms with E-state index in [9.17, 15) is 9.59 Å². The molecule has 0 atom stereocenters. The first kappa shape index (κ1) is 23.3. The van der Waals surface area contributed by atoms with Crippen molar-refractivity contribution in [3.05, 3.63) is 83.3 Å². The molecule has 9 heteroatoms. The second-order valence-electron chi connectivity index (χ2n) is 6.90. The SMILES string of the molecule is COc1ccc(C(C)=NNC(=O)c2ccc(C(=O)NN=C(C)c3ccc(OC)cc3)o2)cc1. The maximum absolute atomic E-state index is 12.3. The Labute approximate surface area is 191 Å². The molecule has 2 N–H and O–H groups in total.